The van der Waals surface area contributed by atoms with Crippen LogP contribution in [0.3, 0.4) is 0 Å². The number of hydrogen-bond acceptors (Lipinski definition) is 5. The zero-order valence-electron chi connectivity index (χ0n) is 12.2. The summed E-state index contributed by atoms with van der Waals surface area (Å²) in [6.45, 7) is 3.21. The highest BCUT2D eigenvalue weighted by Crippen LogP contribution is 2.34. The summed E-state index contributed by atoms with van der Waals surface area (Å²) in [4.78, 5) is 45.6. The summed E-state index contributed by atoms with van der Waals surface area (Å²) < 4.78 is 5.28. The summed E-state index contributed by atoms with van der Waals surface area (Å²) in [6.07, 6.45) is 3.38. The first kappa shape index (κ1) is 15.4. The van der Waals surface area contributed by atoms with E-state index in [0.29, 0.717) is 18.4 Å². The van der Waals surface area contributed by atoms with Crippen molar-refractivity contribution < 1.29 is 23.9 Å². The van der Waals surface area contributed by atoms with Gasteiger partial charge in [-0.1, -0.05) is 6.08 Å². The molecule has 2 fully saturated rings. The van der Waals surface area contributed by atoms with Crippen LogP contribution in [0.2, 0.25) is 0 Å². The Bertz CT molecular complexity index is 520. The molecule has 2 heterocycles. The third-order valence-corrected chi connectivity index (χ3v) is 3.71. The van der Waals surface area contributed by atoms with Crippen LogP contribution in [-0.4, -0.2) is 29.2 Å². The molecule has 2 rings (SSSR count). The first-order valence-electron chi connectivity index (χ1n) is 7.02. The van der Waals surface area contributed by atoms with Crippen LogP contribution in [-0.2, 0) is 23.9 Å². The average molecular weight is 293 g/mol. The van der Waals surface area contributed by atoms with Crippen LogP contribution >= 0.6 is 0 Å². The van der Waals surface area contributed by atoms with Gasteiger partial charge in [-0.05, 0) is 26.2 Å². The van der Waals surface area contributed by atoms with E-state index in [9.17, 15) is 19.2 Å². The predicted octanol–water partition coefficient (Wildman–Crippen LogP) is 1.04. The van der Waals surface area contributed by atoms with Gasteiger partial charge in [0.25, 0.3) is 0 Å². The fraction of sp³-hybridized carbons (Fsp3) is 0.600. The van der Waals surface area contributed by atoms with E-state index in [-0.39, 0.29) is 42.8 Å². The van der Waals surface area contributed by atoms with Crippen LogP contribution in [0.25, 0.3) is 0 Å². The number of cyclic esters (lactones) is 1. The van der Waals surface area contributed by atoms with Crippen molar-refractivity contribution in [2.75, 3.05) is 0 Å². The van der Waals surface area contributed by atoms with E-state index in [1.54, 1.807) is 13.0 Å². The summed E-state index contributed by atoms with van der Waals surface area (Å²) >= 11 is 0. The number of nitrogens with one attached hydrogen (secondary N) is 1. The van der Waals surface area contributed by atoms with Gasteiger partial charge in [-0.15, -0.1) is 0 Å². The van der Waals surface area contributed by atoms with Crippen molar-refractivity contribution in [3.8, 4) is 0 Å². The molecule has 0 aromatic rings. The minimum absolute atomic E-state index is 0.0268. The van der Waals surface area contributed by atoms with Gasteiger partial charge in [0.15, 0.2) is 0 Å². The second-order valence-electron chi connectivity index (χ2n) is 6.11. The van der Waals surface area contributed by atoms with Gasteiger partial charge >= 0.3 is 5.97 Å². The normalized spacial score (nSPS) is 28.7. The van der Waals surface area contributed by atoms with Gasteiger partial charge in [0, 0.05) is 31.3 Å². The lowest BCUT2D eigenvalue weighted by molar-refractivity contribution is -0.147. The standard InChI is InChI=1S/C15H19NO5/c1-9(17)7-15(2)8-11(14(20)21-15)4-3-10-5-12(18)16-13(19)6-10/h4,10H,3,5-8H2,1-2H3,(H,16,18,19). The van der Waals surface area contributed by atoms with E-state index in [1.807, 2.05) is 0 Å². The van der Waals surface area contributed by atoms with E-state index in [1.165, 1.54) is 6.92 Å². The summed E-state index contributed by atoms with van der Waals surface area (Å²) in [6, 6.07) is 0. The zero-order valence-corrected chi connectivity index (χ0v) is 12.2. The van der Waals surface area contributed by atoms with Crippen LogP contribution in [0.5, 0.6) is 0 Å². The van der Waals surface area contributed by atoms with E-state index < -0.39 is 11.6 Å². The van der Waals surface area contributed by atoms with Crippen molar-refractivity contribution >= 4 is 23.6 Å². The second kappa shape index (κ2) is 5.79. The van der Waals surface area contributed by atoms with E-state index in [4.69, 9.17) is 4.74 Å². The van der Waals surface area contributed by atoms with Crippen molar-refractivity contribution in [1.82, 2.24) is 5.32 Å². The van der Waals surface area contributed by atoms with Crippen molar-refractivity contribution in [3.05, 3.63) is 11.6 Å². The highest BCUT2D eigenvalue weighted by molar-refractivity contribution is 5.97. The number of allylic oxidation sites excluding steroid dienone is 1. The molecule has 0 spiro atoms. The second-order valence-corrected chi connectivity index (χ2v) is 6.11. The lowest BCUT2D eigenvalue weighted by atomic mass is 9.90. The van der Waals surface area contributed by atoms with Gasteiger partial charge in [-0.3, -0.25) is 19.7 Å². The molecule has 0 radical (unpaired) electrons. The molecule has 6 nitrogen and oxygen atoms in total. The number of rotatable bonds is 4. The van der Waals surface area contributed by atoms with Gasteiger partial charge in [0.1, 0.15) is 11.4 Å². The molecule has 1 unspecified atom stereocenters. The molecule has 2 aliphatic rings. The van der Waals surface area contributed by atoms with E-state index in [0.717, 1.165) is 0 Å². The summed E-state index contributed by atoms with van der Waals surface area (Å²) in [5.41, 5.74) is -0.244. The summed E-state index contributed by atoms with van der Waals surface area (Å²) in [5.74, 6) is -1.06. The lowest BCUT2D eigenvalue weighted by Crippen LogP contribution is -2.38. The number of ketones is 1. The predicted molar refractivity (Wildman–Crippen MR) is 73.0 cm³/mol. The monoisotopic (exact) mass is 293 g/mol. The molecular weight excluding hydrogens is 274 g/mol. The summed E-state index contributed by atoms with van der Waals surface area (Å²) in [7, 11) is 0. The van der Waals surface area contributed by atoms with Gasteiger partial charge in [0.05, 0.1) is 0 Å². The molecule has 0 aromatic carbocycles. The van der Waals surface area contributed by atoms with Gasteiger partial charge < -0.3 is 4.74 Å². The fourth-order valence-electron chi connectivity index (χ4n) is 2.91. The molecule has 0 bridgehead atoms. The minimum Gasteiger partial charge on any atom is -0.455 e. The zero-order chi connectivity index (χ0) is 15.6. The maximum Gasteiger partial charge on any atom is 0.334 e. The highest BCUT2D eigenvalue weighted by Gasteiger charge is 2.40. The number of ether oxygens (including phenoxy) is 1. The maximum atomic E-state index is 11.8. The first-order chi connectivity index (χ1) is 9.77. The number of esters is 1. The molecule has 1 N–H and O–H groups in total. The summed E-state index contributed by atoms with van der Waals surface area (Å²) in [5, 5.41) is 2.25. The molecule has 2 amide bonds. The van der Waals surface area contributed by atoms with Crippen LogP contribution in [0.15, 0.2) is 11.6 Å². The molecule has 0 aliphatic carbocycles. The maximum absolute atomic E-state index is 11.8. The SMILES string of the molecule is CC(=O)CC1(C)CC(=CCC2CC(=O)NC(=O)C2)C(=O)O1. The molecule has 2 saturated heterocycles. The quantitative estimate of drug-likeness (QED) is 0.475. The molecule has 0 saturated carbocycles. The third-order valence-electron chi connectivity index (χ3n) is 3.71. The Labute approximate surface area is 122 Å². The van der Waals surface area contributed by atoms with Crippen molar-refractivity contribution in [2.45, 2.75) is 51.6 Å². The fourth-order valence-corrected chi connectivity index (χ4v) is 2.91. The Kier molecular flexibility index (Phi) is 4.25. The van der Waals surface area contributed by atoms with Crippen LogP contribution in [0.1, 0.15) is 46.0 Å². The Morgan fingerprint density at radius 1 is 1.33 bits per heavy atom. The number of Topliss-reactive ketones (excluding diaryl/α,β-unsaturated/α-hetero) is 1. The smallest absolute Gasteiger partial charge is 0.334 e. The lowest BCUT2D eigenvalue weighted by Gasteiger charge is -2.20. The van der Waals surface area contributed by atoms with Crippen LogP contribution < -0.4 is 5.32 Å². The molecule has 21 heavy (non-hydrogen) atoms. The highest BCUT2D eigenvalue weighted by atomic mass is 16.6. The number of carbonyl (C=O) groups is 4. The van der Waals surface area contributed by atoms with Gasteiger partial charge in [-0.2, -0.15) is 0 Å². The molecule has 114 valence electrons. The van der Waals surface area contributed by atoms with Crippen LogP contribution in [0.4, 0.5) is 0 Å². The van der Waals surface area contributed by atoms with E-state index in [2.05, 4.69) is 5.32 Å². The number of carbonyl (C=O) groups excluding carboxylic acids is 4. The van der Waals surface area contributed by atoms with Gasteiger partial charge in [-0.25, -0.2) is 4.79 Å². The molecular formula is C15H19NO5. The van der Waals surface area contributed by atoms with E-state index >= 15 is 0 Å². The number of hydrogen-bond donors (Lipinski definition) is 1. The number of piperidine rings is 1. The average Bonchev–Trinajstić information content (AvgIpc) is 2.59. The first-order valence-corrected chi connectivity index (χ1v) is 7.02. The Morgan fingerprint density at radius 3 is 2.52 bits per heavy atom. The third kappa shape index (κ3) is 4.00. The number of imide groups is 1. The van der Waals surface area contributed by atoms with Gasteiger partial charge in [0.2, 0.25) is 11.8 Å². The number of amides is 2. The van der Waals surface area contributed by atoms with Crippen LogP contribution in [0, 0.1) is 5.92 Å². The minimum atomic E-state index is -0.769. The molecule has 1 atom stereocenters. The van der Waals surface area contributed by atoms with Crippen molar-refractivity contribution in [3.63, 3.8) is 0 Å². The Morgan fingerprint density at radius 2 is 1.95 bits per heavy atom. The molecule has 2 aliphatic heterocycles. The van der Waals surface area contributed by atoms with Crippen molar-refractivity contribution in [1.29, 1.82) is 0 Å². The Hall–Kier alpha value is -1.98. The van der Waals surface area contributed by atoms with Crippen molar-refractivity contribution in [2.24, 2.45) is 5.92 Å². The topological polar surface area (TPSA) is 89.5 Å². The molecule has 0 aromatic heterocycles. The largest absolute Gasteiger partial charge is 0.455 e. The Balaban J connectivity index is 1.98. The molecule has 6 heteroatoms.